The average molecular weight is 379 g/mol. The Hall–Kier alpha value is -2.86. The summed E-state index contributed by atoms with van der Waals surface area (Å²) < 4.78 is 40.6. The zero-order valence-corrected chi connectivity index (χ0v) is 15.2. The first kappa shape index (κ1) is 17.9. The van der Waals surface area contributed by atoms with Crippen molar-refractivity contribution in [3.63, 3.8) is 0 Å². The van der Waals surface area contributed by atoms with Gasteiger partial charge in [-0.2, -0.15) is 4.67 Å². The number of nitrogens with zero attached hydrogens (tertiary/aromatic N) is 1. The van der Waals surface area contributed by atoms with Crippen molar-refractivity contribution >= 4 is 13.8 Å². The summed E-state index contributed by atoms with van der Waals surface area (Å²) in [4.78, 5) is 11.9. The van der Waals surface area contributed by atoms with Crippen LogP contribution in [0.1, 0.15) is 0 Å². The molecule has 0 spiro atoms. The van der Waals surface area contributed by atoms with Gasteiger partial charge in [0.2, 0.25) is 0 Å². The number of cyclic esters (lactones) is 1. The van der Waals surface area contributed by atoms with Crippen LogP contribution in [0.5, 0.6) is 23.0 Å². The van der Waals surface area contributed by atoms with Crippen LogP contribution >= 0.6 is 7.75 Å². The first-order valence-corrected chi connectivity index (χ1v) is 9.26. The number of ether oxygens (including phenoxy) is 3. The van der Waals surface area contributed by atoms with Crippen LogP contribution in [-0.4, -0.2) is 38.1 Å². The van der Waals surface area contributed by atoms with Gasteiger partial charge in [-0.3, -0.25) is 0 Å². The molecule has 1 aliphatic rings. The normalized spacial score (nSPS) is 13.9. The maximum Gasteiger partial charge on any atom is 0.549 e. The molecule has 0 bridgehead atoms. The highest BCUT2D eigenvalue weighted by Crippen LogP contribution is 2.53. The number of benzene rings is 2. The summed E-state index contributed by atoms with van der Waals surface area (Å²) in [5, 5.41) is 0. The number of amides is 1. The molecule has 0 radical (unpaired) electrons. The molecule has 0 N–H and O–H groups in total. The zero-order chi connectivity index (χ0) is 18.6. The van der Waals surface area contributed by atoms with E-state index < -0.39 is 13.8 Å². The Labute approximate surface area is 150 Å². The number of methoxy groups -OCH3 is 2. The van der Waals surface area contributed by atoms with Gasteiger partial charge in [0, 0.05) is 0 Å². The van der Waals surface area contributed by atoms with E-state index >= 15 is 0 Å². The highest BCUT2D eigenvalue weighted by molar-refractivity contribution is 7.52. The van der Waals surface area contributed by atoms with E-state index in [0.29, 0.717) is 11.5 Å². The predicted molar refractivity (Wildman–Crippen MR) is 92.9 cm³/mol. The first-order valence-electron chi connectivity index (χ1n) is 7.76. The second-order valence-corrected chi connectivity index (χ2v) is 7.02. The molecule has 0 unspecified atom stereocenters. The van der Waals surface area contributed by atoms with Gasteiger partial charge in [0.25, 0.3) is 0 Å². The van der Waals surface area contributed by atoms with E-state index in [9.17, 15) is 9.36 Å². The van der Waals surface area contributed by atoms with Crippen LogP contribution in [0.15, 0.2) is 48.5 Å². The number of hydrogen-bond acceptors (Lipinski definition) is 7. The van der Waals surface area contributed by atoms with Gasteiger partial charge in [0.05, 0.1) is 20.8 Å². The van der Waals surface area contributed by atoms with Crippen LogP contribution in [0.3, 0.4) is 0 Å². The molecule has 1 fully saturated rings. The van der Waals surface area contributed by atoms with Gasteiger partial charge in [-0.15, -0.1) is 0 Å². The molecule has 3 rings (SSSR count). The van der Waals surface area contributed by atoms with E-state index in [-0.39, 0.29) is 24.7 Å². The summed E-state index contributed by atoms with van der Waals surface area (Å²) in [5.41, 5.74) is 0. The summed E-state index contributed by atoms with van der Waals surface area (Å²) in [6, 6.07) is 12.9. The largest absolute Gasteiger partial charge is 0.549 e. The molecule has 1 aliphatic heterocycles. The maximum absolute atomic E-state index is 13.4. The number of hydrogen-bond donors (Lipinski definition) is 0. The summed E-state index contributed by atoms with van der Waals surface area (Å²) in [5.74, 6) is 1.76. The van der Waals surface area contributed by atoms with Crippen LogP contribution in [0.25, 0.3) is 0 Å². The minimum Gasteiger partial charge on any atom is -0.497 e. The number of rotatable bonds is 7. The third-order valence-corrected chi connectivity index (χ3v) is 5.43. The van der Waals surface area contributed by atoms with Crippen molar-refractivity contribution in [1.29, 1.82) is 0 Å². The number of carbonyl (C=O) groups is 1. The van der Waals surface area contributed by atoms with Gasteiger partial charge >= 0.3 is 13.8 Å². The minimum atomic E-state index is -4.04. The molecule has 138 valence electrons. The van der Waals surface area contributed by atoms with E-state index in [2.05, 4.69) is 0 Å². The van der Waals surface area contributed by atoms with Crippen molar-refractivity contribution in [2.75, 3.05) is 27.4 Å². The molecule has 1 saturated heterocycles. The van der Waals surface area contributed by atoms with Crippen molar-refractivity contribution in [3.8, 4) is 23.0 Å². The molecule has 9 heteroatoms. The molecule has 0 atom stereocenters. The van der Waals surface area contributed by atoms with Crippen LogP contribution in [-0.2, 0) is 9.30 Å². The predicted octanol–water partition coefficient (Wildman–Crippen LogP) is 3.72. The quantitative estimate of drug-likeness (QED) is 0.678. The Morgan fingerprint density at radius 1 is 0.846 bits per heavy atom. The standard InChI is InChI=1S/C17H18NO7P/c1-21-13-3-7-15(8-4-13)24-26(20,18-11-12-23-17(18)19)25-16-9-5-14(22-2)6-10-16/h3-10H,11-12H2,1-2H3. The highest BCUT2D eigenvalue weighted by Gasteiger charge is 2.45. The smallest absolute Gasteiger partial charge is 0.497 e. The molecule has 26 heavy (non-hydrogen) atoms. The van der Waals surface area contributed by atoms with Crippen LogP contribution in [0, 0.1) is 0 Å². The lowest BCUT2D eigenvalue weighted by Crippen LogP contribution is -2.26. The highest BCUT2D eigenvalue weighted by atomic mass is 31.2. The summed E-state index contributed by atoms with van der Waals surface area (Å²) in [7, 11) is -0.966. The molecular formula is C17H18NO7P. The van der Waals surface area contributed by atoms with Gasteiger partial charge < -0.3 is 23.3 Å². The second kappa shape index (κ2) is 7.58. The molecule has 1 amide bonds. The van der Waals surface area contributed by atoms with E-state index in [1.54, 1.807) is 48.5 Å². The van der Waals surface area contributed by atoms with Gasteiger partial charge in [-0.1, -0.05) is 0 Å². The Balaban J connectivity index is 1.87. The fraction of sp³-hybridized carbons (Fsp3) is 0.235. The van der Waals surface area contributed by atoms with Crippen molar-refractivity contribution < 1.29 is 32.6 Å². The molecule has 2 aromatic carbocycles. The third-order valence-electron chi connectivity index (χ3n) is 3.60. The fourth-order valence-electron chi connectivity index (χ4n) is 2.26. The van der Waals surface area contributed by atoms with E-state index in [1.807, 2.05) is 0 Å². The van der Waals surface area contributed by atoms with Crippen LogP contribution in [0.2, 0.25) is 0 Å². The molecule has 0 aliphatic carbocycles. The molecule has 1 heterocycles. The molecular weight excluding hydrogens is 361 g/mol. The van der Waals surface area contributed by atoms with Crippen molar-refractivity contribution in [2.24, 2.45) is 0 Å². The van der Waals surface area contributed by atoms with E-state index in [1.165, 1.54) is 14.2 Å². The lowest BCUT2D eigenvalue weighted by molar-refractivity contribution is 0.166. The monoisotopic (exact) mass is 379 g/mol. The Kier molecular flexibility index (Phi) is 5.23. The van der Waals surface area contributed by atoms with Crippen LogP contribution < -0.4 is 18.5 Å². The average Bonchev–Trinajstić information content (AvgIpc) is 3.10. The fourth-order valence-corrected chi connectivity index (χ4v) is 3.86. The van der Waals surface area contributed by atoms with Crippen molar-refractivity contribution in [1.82, 2.24) is 4.67 Å². The molecule has 2 aromatic rings. The molecule has 0 aromatic heterocycles. The summed E-state index contributed by atoms with van der Waals surface area (Å²) in [6.45, 7) is 0.211. The lowest BCUT2D eigenvalue weighted by atomic mass is 10.3. The van der Waals surface area contributed by atoms with E-state index in [0.717, 1.165) is 4.67 Å². The first-order chi connectivity index (χ1) is 12.5. The molecule has 8 nitrogen and oxygen atoms in total. The SMILES string of the molecule is COc1ccc(OP(=O)(Oc2ccc(OC)cc2)N2CCOC2=O)cc1. The number of carbonyl (C=O) groups excluding carboxylic acids is 1. The van der Waals surface area contributed by atoms with E-state index in [4.69, 9.17) is 23.3 Å². The Morgan fingerprint density at radius 3 is 1.62 bits per heavy atom. The Morgan fingerprint density at radius 2 is 1.27 bits per heavy atom. The van der Waals surface area contributed by atoms with Crippen LogP contribution in [0.4, 0.5) is 4.79 Å². The third kappa shape index (κ3) is 3.86. The lowest BCUT2D eigenvalue weighted by Gasteiger charge is -2.25. The van der Waals surface area contributed by atoms with Gasteiger partial charge in [-0.05, 0) is 48.5 Å². The maximum atomic E-state index is 13.4. The van der Waals surface area contributed by atoms with Gasteiger partial charge in [0.1, 0.15) is 29.6 Å². The van der Waals surface area contributed by atoms with Crippen molar-refractivity contribution in [2.45, 2.75) is 0 Å². The zero-order valence-electron chi connectivity index (χ0n) is 14.3. The van der Waals surface area contributed by atoms with Gasteiger partial charge in [0.15, 0.2) is 0 Å². The summed E-state index contributed by atoms with van der Waals surface area (Å²) in [6.07, 6.45) is -0.754. The minimum absolute atomic E-state index is 0.0996. The van der Waals surface area contributed by atoms with Gasteiger partial charge in [-0.25, -0.2) is 9.36 Å². The topological polar surface area (TPSA) is 83.5 Å². The summed E-state index contributed by atoms with van der Waals surface area (Å²) >= 11 is 0. The second-order valence-electron chi connectivity index (χ2n) is 5.24. The van der Waals surface area contributed by atoms with Crippen molar-refractivity contribution in [3.05, 3.63) is 48.5 Å². The Bertz CT molecular complexity index is 753. The molecule has 0 saturated carbocycles.